The number of ether oxygens (including phenoxy) is 1. The summed E-state index contributed by atoms with van der Waals surface area (Å²) in [6, 6.07) is 3.28. The Balaban J connectivity index is 1.97. The topological polar surface area (TPSA) is 71.5 Å². The van der Waals surface area contributed by atoms with Crippen LogP contribution >= 0.6 is 11.6 Å². The molecule has 2 amide bonds. The number of hydrogen-bond acceptors (Lipinski definition) is 4. The number of amides is 2. The minimum absolute atomic E-state index is 0.0636. The molecule has 1 fully saturated rings. The van der Waals surface area contributed by atoms with E-state index < -0.39 is 11.7 Å². The number of rotatable bonds is 3. The summed E-state index contributed by atoms with van der Waals surface area (Å²) in [6.07, 6.45) is 2.80. The molecule has 1 N–H and O–H groups in total. The predicted molar refractivity (Wildman–Crippen MR) is 87.5 cm³/mol. The Morgan fingerprint density at radius 1 is 1.48 bits per heavy atom. The summed E-state index contributed by atoms with van der Waals surface area (Å²) in [5.74, 6) is -0.156. The van der Waals surface area contributed by atoms with Crippen LogP contribution in [0.2, 0.25) is 5.15 Å². The van der Waals surface area contributed by atoms with Crippen LogP contribution in [0, 0.1) is 0 Å². The minimum atomic E-state index is -0.543. The molecular weight excluding hydrogens is 318 g/mol. The summed E-state index contributed by atoms with van der Waals surface area (Å²) < 4.78 is 5.21. The third-order valence-electron chi connectivity index (χ3n) is 3.51. The zero-order valence-electron chi connectivity index (χ0n) is 13.6. The van der Waals surface area contributed by atoms with Crippen molar-refractivity contribution in [2.75, 3.05) is 13.1 Å². The molecule has 1 aliphatic rings. The fourth-order valence-corrected chi connectivity index (χ4v) is 2.73. The van der Waals surface area contributed by atoms with E-state index in [-0.39, 0.29) is 17.1 Å². The van der Waals surface area contributed by atoms with E-state index in [1.54, 1.807) is 23.2 Å². The van der Waals surface area contributed by atoms with Crippen LogP contribution in [0.4, 0.5) is 4.79 Å². The number of nitrogens with zero attached hydrogens (tertiary/aromatic N) is 2. The zero-order valence-corrected chi connectivity index (χ0v) is 14.4. The van der Waals surface area contributed by atoms with Crippen LogP contribution in [0.5, 0.6) is 0 Å². The number of nitrogens with one attached hydrogen (secondary N) is 1. The molecule has 0 bridgehead atoms. The monoisotopic (exact) mass is 339 g/mol. The van der Waals surface area contributed by atoms with Crippen LogP contribution in [0.25, 0.3) is 0 Å². The van der Waals surface area contributed by atoms with Crippen molar-refractivity contribution in [3.63, 3.8) is 0 Å². The van der Waals surface area contributed by atoms with Gasteiger partial charge in [-0.25, -0.2) is 9.78 Å². The maximum Gasteiger partial charge on any atom is 0.407 e. The van der Waals surface area contributed by atoms with E-state index >= 15 is 0 Å². The number of carbonyl (C=O) groups excluding carboxylic acids is 2. The lowest BCUT2D eigenvalue weighted by Gasteiger charge is -2.26. The summed E-state index contributed by atoms with van der Waals surface area (Å²) in [7, 11) is 0. The van der Waals surface area contributed by atoms with Crippen molar-refractivity contribution in [1.29, 1.82) is 0 Å². The Kier molecular flexibility index (Phi) is 5.46. The smallest absolute Gasteiger partial charge is 0.407 e. The van der Waals surface area contributed by atoms with Gasteiger partial charge in [0.15, 0.2) is 0 Å². The molecule has 0 saturated carbocycles. The predicted octanol–water partition coefficient (Wildman–Crippen LogP) is 2.86. The molecule has 2 heterocycles. The fourth-order valence-electron chi connectivity index (χ4n) is 2.53. The number of halogens is 1. The van der Waals surface area contributed by atoms with Gasteiger partial charge in [0.1, 0.15) is 10.8 Å². The second-order valence-corrected chi connectivity index (χ2v) is 6.88. The average molecular weight is 340 g/mol. The quantitative estimate of drug-likeness (QED) is 0.859. The first-order valence-corrected chi connectivity index (χ1v) is 8.04. The normalized spacial score (nSPS) is 17.9. The highest BCUT2D eigenvalue weighted by molar-refractivity contribution is 6.32. The van der Waals surface area contributed by atoms with Crippen LogP contribution in [0.15, 0.2) is 18.3 Å². The van der Waals surface area contributed by atoms with Crippen molar-refractivity contribution in [3.05, 3.63) is 29.0 Å². The van der Waals surface area contributed by atoms with E-state index in [0.717, 1.165) is 12.8 Å². The molecule has 7 heteroatoms. The molecule has 0 unspecified atom stereocenters. The Labute approximate surface area is 141 Å². The molecule has 1 saturated heterocycles. The molecular formula is C16H22ClN3O3. The molecule has 1 aliphatic heterocycles. The number of carbonyl (C=O) groups is 2. The summed E-state index contributed by atoms with van der Waals surface area (Å²) in [5, 5.41) is 2.93. The maximum absolute atomic E-state index is 12.6. The van der Waals surface area contributed by atoms with Gasteiger partial charge in [0.05, 0.1) is 5.56 Å². The first kappa shape index (κ1) is 17.5. The van der Waals surface area contributed by atoms with Crippen LogP contribution in [-0.4, -0.2) is 46.6 Å². The maximum atomic E-state index is 12.6. The van der Waals surface area contributed by atoms with Crippen molar-refractivity contribution >= 4 is 23.6 Å². The van der Waals surface area contributed by atoms with E-state index in [0.29, 0.717) is 18.7 Å². The molecule has 1 aromatic heterocycles. The van der Waals surface area contributed by atoms with Crippen molar-refractivity contribution < 1.29 is 14.3 Å². The van der Waals surface area contributed by atoms with E-state index in [1.807, 2.05) is 20.8 Å². The lowest BCUT2D eigenvalue weighted by Crippen LogP contribution is -2.44. The number of pyridine rings is 1. The lowest BCUT2D eigenvalue weighted by atomic mass is 10.2. The van der Waals surface area contributed by atoms with Crippen molar-refractivity contribution in [2.24, 2.45) is 0 Å². The van der Waals surface area contributed by atoms with Gasteiger partial charge in [-0.1, -0.05) is 11.6 Å². The van der Waals surface area contributed by atoms with Gasteiger partial charge < -0.3 is 15.0 Å². The Morgan fingerprint density at radius 3 is 2.87 bits per heavy atom. The first-order valence-electron chi connectivity index (χ1n) is 7.66. The molecule has 1 aromatic rings. The Morgan fingerprint density at radius 2 is 2.22 bits per heavy atom. The van der Waals surface area contributed by atoms with Crippen molar-refractivity contribution in [3.8, 4) is 0 Å². The van der Waals surface area contributed by atoms with Gasteiger partial charge in [-0.15, -0.1) is 0 Å². The van der Waals surface area contributed by atoms with Crippen LogP contribution < -0.4 is 5.32 Å². The van der Waals surface area contributed by atoms with E-state index in [2.05, 4.69) is 10.3 Å². The highest BCUT2D eigenvalue weighted by Crippen LogP contribution is 2.22. The molecule has 2 rings (SSSR count). The van der Waals surface area contributed by atoms with Crippen LogP contribution in [0.1, 0.15) is 44.0 Å². The zero-order chi connectivity index (χ0) is 17.0. The van der Waals surface area contributed by atoms with Gasteiger partial charge in [0.2, 0.25) is 0 Å². The molecule has 0 aliphatic carbocycles. The molecule has 6 nitrogen and oxygen atoms in total. The summed E-state index contributed by atoms with van der Waals surface area (Å²) in [6.45, 7) is 6.43. The molecule has 126 valence electrons. The van der Waals surface area contributed by atoms with Gasteiger partial charge in [-0.05, 0) is 45.7 Å². The number of alkyl carbamates (subject to hydrolysis) is 1. The fraction of sp³-hybridized carbons (Fsp3) is 0.562. The average Bonchev–Trinajstić information content (AvgIpc) is 2.91. The SMILES string of the molecule is CC(C)(C)OC(=O)NC[C@H]1CCCN1C(=O)c1cccnc1Cl. The van der Waals surface area contributed by atoms with Gasteiger partial charge in [-0.3, -0.25) is 4.79 Å². The molecule has 23 heavy (non-hydrogen) atoms. The highest BCUT2D eigenvalue weighted by Gasteiger charge is 2.31. The van der Waals surface area contributed by atoms with Gasteiger partial charge in [-0.2, -0.15) is 0 Å². The highest BCUT2D eigenvalue weighted by atomic mass is 35.5. The van der Waals surface area contributed by atoms with Gasteiger partial charge >= 0.3 is 6.09 Å². The molecule has 0 spiro atoms. The standard InChI is InChI=1S/C16H22ClN3O3/c1-16(2,3)23-15(22)19-10-11-6-5-9-20(11)14(21)12-7-4-8-18-13(12)17/h4,7-8,11H,5-6,9-10H2,1-3H3,(H,19,22)/t11-/m1/s1. The minimum Gasteiger partial charge on any atom is -0.444 e. The Bertz CT molecular complexity index is 586. The second-order valence-electron chi connectivity index (χ2n) is 6.52. The molecule has 0 radical (unpaired) electrons. The number of aromatic nitrogens is 1. The first-order chi connectivity index (χ1) is 10.8. The van der Waals surface area contributed by atoms with Gasteiger partial charge in [0.25, 0.3) is 5.91 Å². The third-order valence-corrected chi connectivity index (χ3v) is 3.81. The number of hydrogen-bond donors (Lipinski definition) is 1. The summed E-state index contributed by atoms with van der Waals surface area (Å²) >= 11 is 6.00. The van der Waals surface area contributed by atoms with E-state index in [9.17, 15) is 9.59 Å². The van der Waals surface area contributed by atoms with Crippen LogP contribution in [-0.2, 0) is 4.74 Å². The summed E-state index contributed by atoms with van der Waals surface area (Å²) in [5.41, 5.74) is -0.156. The number of likely N-dealkylation sites (tertiary alicyclic amines) is 1. The van der Waals surface area contributed by atoms with Crippen LogP contribution in [0.3, 0.4) is 0 Å². The van der Waals surface area contributed by atoms with Crippen molar-refractivity contribution in [2.45, 2.75) is 45.3 Å². The van der Waals surface area contributed by atoms with E-state index in [4.69, 9.17) is 16.3 Å². The molecule has 1 atom stereocenters. The second kappa shape index (κ2) is 7.17. The van der Waals surface area contributed by atoms with E-state index in [1.165, 1.54) is 0 Å². The lowest BCUT2D eigenvalue weighted by molar-refractivity contribution is 0.0501. The van der Waals surface area contributed by atoms with Crippen molar-refractivity contribution in [1.82, 2.24) is 15.2 Å². The largest absolute Gasteiger partial charge is 0.444 e. The third kappa shape index (κ3) is 4.82. The molecule has 0 aromatic carbocycles. The Hall–Kier alpha value is -1.82. The summed E-state index contributed by atoms with van der Waals surface area (Å²) in [4.78, 5) is 30.0. The van der Waals surface area contributed by atoms with Gasteiger partial charge in [0, 0.05) is 25.3 Å².